The molecule has 0 saturated heterocycles. The van der Waals surface area contributed by atoms with Gasteiger partial charge in [-0.1, -0.05) is 59.7 Å². The van der Waals surface area contributed by atoms with E-state index in [4.69, 9.17) is 0 Å². The summed E-state index contributed by atoms with van der Waals surface area (Å²) in [6.45, 7) is 5.96. The highest BCUT2D eigenvalue weighted by molar-refractivity contribution is 7.90. The van der Waals surface area contributed by atoms with E-state index in [9.17, 15) is 8.42 Å². The molecule has 4 rings (SSSR count). The SMILES string of the molecule is Cc1ccc(S(=O)(=O)n2c(-c3ccccc3)c(C)c3cc(C)ccc32)cc1. The van der Waals surface area contributed by atoms with Crippen molar-refractivity contribution in [3.63, 3.8) is 0 Å². The van der Waals surface area contributed by atoms with Crippen LogP contribution in [0.2, 0.25) is 0 Å². The van der Waals surface area contributed by atoms with Crippen LogP contribution in [0, 0.1) is 20.8 Å². The lowest BCUT2D eigenvalue weighted by Crippen LogP contribution is -2.14. The number of nitrogens with zero attached hydrogens (tertiary/aromatic N) is 1. The highest BCUT2D eigenvalue weighted by Gasteiger charge is 2.26. The van der Waals surface area contributed by atoms with Crippen LogP contribution in [0.5, 0.6) is 0 Å². The van der Waals surface area contributed by atoms with Crippen LogP contribution in [0.3, 0.4) is 0 Å². The highest BCUT2D eigenvalue weighted by Crippen LogP contribution is 2.36. The van der Waals surface area contributed by atoms with Crippen molar-refractivity contribution in [2.45, 2.75) is 25.7 Å². The Hall–Kier alpha value is -2.85. The van der Waals surface area contributed by atoms with Crippen molar-refractivity contribution < 1.29 is 8.42 Å². The summed E-state index contributed by atoms with van der Waals surface area (Å²) in [5.74, 6) is 0. The van der Waals surface area contributed by atoms with Crippen molar-refractivity contribution in [2.75, 3.05) is 0 Å². The van der Waals surface area contributed by atoms with Gasteiger partial charge in [-0.25, -0.2) is 12.4 Å². The van der Waals surface area contributed by atoms with E-state index in [0.29, 0.717) is 10.4 Å². The Morgan fingerprint density at radius 3 is 2.04 bits per heavy atom. The van der Waals surface area contributed by atoms with E-state index in [0.717, 1.165) is 33.3 Å². The third kappa shape index (κ3) is 2.86. The lowest BCUT2D eigenvalue weighted by molar-refractivity contribution is 0.589. The zero-order chi connectivity index (χ0) is 19.2. The monoisotopic (exact) mass is 375 g/mol. The maximum absolute atomic E-state index is 13.6. The Labute approximate surface area is 160 Å². The molecule has 4 aromatic rings. The van der Waals surface area contributed by atoms with Crippen molar-refractivity contribution in [1.82, 2.24) is 3.97 Å². The third-order valence-corrected chi connectivity index (χ3v) is 6.67. The fourth-order valence-corrected chi connectivity index (χ4v) is 5.11. The van der Waals surface area contributed by atoms with Gasteiger partial charge in [0, 0.05) is 5.39 Å². The van der Waals surface area contributed by atoms with Gasteiger partial charge in [-0.3, -0.25) is 0 Å². The van der Waals surface area contributed by atoms with Crippen LogP contribution in [0.4, 0.5) is 0 Å². The number of aromatic nitrogens is 1. The summed E-state index contributed by atoms with van der Waals surface area (Å²) in [4.78, 5) is 0.294. The first-order valence-corrected chi connectivity index (χ1v) is 10.3. The summed E-state index contributed by atoms with van der Waals surface area (Å²) < 4.78 is 28.7. The molecule has 0 aliphatic rings. The molecule has 0 unspecified atom stereocenters. The Balaban J connectivity index is 2.12. The van der Waals surface area contributed by atoms with Gasteiger partial charge in [-0.15, -0.1) is 0 Å². The number of rotatable bonds is 3. The number of aryl methyl sites for hydroxylation is 3. The van der Waals surface area contributed by atoms with Crippen LogP contribution in [0.15, 0.2) is 77.7 Å². The summed E-state index contributed by atoms with van der Waals surface area (Å²) in [5.41, 5.74) is 5.42. The van der Waals surface area contributed by atoms with Gasteiger partial charge >= 0.3 is 0 Å². The first-order valence-electron chi connectivity index (χ1n) is 8.89. The van der Waals surface area contributed by atoms with Crippen LogP contribution in [0.25, 0.3) is 22.2 Å². The average molecular weight is 375 g/mol. The lowest BCUT2D eigenvalue weighted by atomic mass is 10.1. The highest BCUT2D eigenvalue weighted by atomic mass is 32.2. The van der Waals surface area contributed by atoms with Gasteiger partial charge in [0.2, 0.25) is 0 Å². The van der Waals surface area contributed by atoms with Crippen molar-refractivity contribution in [2.24, 2.45) is 0 Å². The van der Waals surface area contributed by atoms with Crippen molar-refractivity contribution >= 4 is 20.9 Å². The summed E-state index contributed by atoms with van der Waals surface area (Å²) >= 11 is 0. The van der Waals surface area contributed by atoms with E-state index in [2.05, 4.69) is 6.07 Å². The maximum atomic E-state index is 13.6. The quantitative estimate of drug-likeness (QED) is 0.476. The van der Waals surface area contributed by atoms with Crippen molar-refractivity contribution in [3.05, 3.63) is 89.5 Å². The molecule has 4 heteroatoms. The Kier molecular flexibility index (Phi) is 4.16. The molecule has 0 aliphatic heterocycles. The first kappa shape index (κ1) is 17.6. The van der Waals surface area contributed by atoms with Gasteiger partial charge in [0.05, 0.1) is 16.1 Å². The van der Waals surface area contributed by atoms with Gasteiger partial charge in [0.1, 0.15) is 0 Å². The van der Waals surface area contributed by atoms with Gasteiger partial charge in [0.15, 0.2) is 0 Å². The van der Waals surface area contributed by atoms with Gasteiger partial charge in [-0.2, -0.15) is 0 Å². The summed E-state index contributed by atoms with van der Waals surface area (Å²) in [6, 6.07) is 22.6. The zero-order valence-electron chi connectivity index (χ0n) is 15.6. The molecule has 1 heterocycles. The van der Waals surface area contributed by atoms with E-state index in [1.54, 1.807) is 12.1 Å². The van der Waals surface area contributed by atoms with Crippen LogP contribution >= 0.6 is 0 Å². The second-order valence-corrected chi connectivity index (χ2v) is 8.73. The van der Waals surface area contributed by atoms with E-state index in [1.165, 1.54) is 3.97 Å². The smallest absolute Gasteiger partial charge is 0.233 e. The predicted octanol–water partition coefficient (Wildman–Crippen LogP) is 5.47. The summed E-state index contributed by atoms with van der Waals surface area (Å²) in [5, 5.41) is 0.963. The van der Waals surface area contributed by atoms with Gasteiger partial charge < -0.3 is 0 Å². The van der Waals surface area contributed by atoms with E-state index < -0.39 is 10.0 Å². The van der Waals surface area contributed by atoms with Gasteiger partial charge in [-0.05, 0) is 56.2 Å². The average Bonchev–Trinajstić information content (AvgIpc) is 2.96. The maximum Gasteiger partial charge on any atom is 0.268 e. The van der Waals surface area contributed by atoms with Crippen molar-refractivity contribution in [1.29, 1.82) is 0 Å². The molecule has 136 valence electrons. The first-order chi connectivity index (χ1) is 12.9. The number of benzene rings is 3. The minimum atomic E-state index is -3.74. The summed E-state index contributed by atoms with van der Waals surface area (Å²) in [7, 11) is -3.74. The second kappa shape index (κ2) is 6.39. The molecule has 0 N–H and O–H groups in total. The van der Waals surface area contributed by atoms with Gasteiger partial charge in [0.25, 0.3) is 10.0 Å². The number of hydrogen-bond donors (Lipinski definition) is 0. The molecule has 0 bridgehead atoms. The zero-order valence-corrected chi connectivity index (χ0v) is 16.4. The predicted molar refractivity (Wildman–Crippen MR) is 111 cm³/mol. The van der Waals surface area contributed by atoms with Crippen LogP contribution < -0.4 is 0 Å². The van der Waals surface area contributed by atoms with Crippen LogP contribution in [-0.2, 0) is 10.0 Å². The molecule has 27 heavy (non-hydrogen) atoms. The lowest BCUT2D eigenvalue weighted by Gasteiger charge is -2.13. The molecular formula is C23H21NO2S. The molecule has 0 aliphatic carbocycles. The van der Waals surface area contributed by atoms with Crippen LogP contribution in [-0.4, -0.2) is 12.4 Å². The van der Waals surface area contributed by atoms with E-state index >= 15 is 0 Å². The number of fused-ring (bicyclic) bond motifs is 1. The molecule has 0 atom stereocenters. The second-order valence-electron chi connectivity index (χ2n) is 6.94. The molecule has 0 fully saturated rings. The van der Waals surface area contributed by atoms with Crippen molar-refractivity contribution in [3.8, 4) is 11.3 Å². The van der Waals surface area contributed by atoms with E-state index in [-0.39, 0.29) is 0 Å². The molecule has 0 spiro atoms. The summed E-state index contributed by atoms with van der Waals surface area (Å²) in [6.07, 6.45) is 0. The Morgan fingerprint density at radius 2 is 1.37 bits per heavy atom. The largest absolute Gasteiger partial charge is 0.268 e. The Bertz CT molecular complexity index is 1240. The molecule has 3 aromatic carbocycles. The fraction of sp³-hybridized carbons (Fsp3) is 0.130. The molecule has 3 nitrogen and oxygen atoms in total. The molecular weight excluding hydrogens is 354 g/mol. The fourth-order valence-electron chi connectivity index (χ4n) is 3.52. The Morgan fingerprint density at radius 1 is 0.741 bits per heavy atom. The van der Waals surface area contributed by atoms with Crippen LogP contribution in [0.1, 0.15) is 16.7 Å². The normalized spacial score (nSPS) is 11.8. The molecule has 1 aromatic heterocycles. The minimum Gasteiger partial charge on any atom is -0.233 e. The third-order valence-electron chi connectivity index (χ3n) is 4.94. The minimum absolute atomic E-state index is 0.294. The molecule has 0 amide bonds. The molecule has 0 radical (unpaired) electrons. The topological polar surface area (TPSA) is 39.1 Å². The molecule has 0 saturated carbocycles. The number of hydrogen-bond acceptors (Lipinski definition) is 2. The van der Waals surface area contributed by atoms with E-state index in [1.807, 2.05) is 75.4 Å². The standard InChI is InChI=1S/C23H21NO2S/c1-16-9-12-20(13-10-16)27(25,26)24-22-14-11-17(2)15-21(22)18(3)23(24)19-7-5-4-6-8-19/h4-15H,1-3H3.